The van der Waals surface area contributed by atoms with Crippen LogP contribution in [-0.2, 0) is 6.54 Å². The average Bonchev–Trinajstić information content (AvgIpc) is 3.35. The van der Waals surface area contributed by atoms with Gasteiger partial charge >= 0.3 is 0 Å². The molecule has 2 N–H and O–H groups in total. The quantitative estimate of drug-likeness (QED) is 0.442. The zero-order chi connectivity index (χ0) is 21.4. The van der Waals surface area contributed by atoms with Crippen LogP contribution in [0.2, 0.25) is 0 Å². The Morgan fingerprint density at radius 3 is 2.90 bits per heavy atom. The standard InChI is InChI=1S/C22H17N7OS/c1-13-6-9-31-20(13)18-15(10-23)17-19(22(30)28-12-26-17)29(18)8-7-24-21-14-4-2-3-5-16(14)25-11-27-21/h2-6,9,11-12H,7-8H2,1H3,(H,24,25,27)(H,26,28,30). The van der Waals surface area contributed by atoms with Gasteiger partial charge in [-0.15, -0.1) is 11.3 Å². The number of aryl methyl sites for hydroxylation is 1. The van der Waals surface area contributed by atoms with Crippen LogP contribution >= 0.6 is 11.3 Å². The van der Waals surface area contributed by atoms with E-state index < -0.39 is 0 Å². The molecule has 0 atom stereocenters. The molecule has 5 aromatic rings. The van der Waals surface area contributed by atoms with E-state index in [1.807, 2.05) is 47.2 Å². The predicted octanol–water partition coefficient (Wildman–Crippen LogP) is 3.69. The molecule has 4 heterocycles. The predicted molar refractivity (Wildman–Crippen MR) is 121 cm³/mol. The number of nitriles is 1. The second kappa shape index (κ2) is 7.66. The number of aromatic nitrogens is 5. The summed E-state index contributed by atoms with van der Waals surface area (Å²) in [5.74, 6) is 0.725. The van der Waals surface area contributed by atoms with Gasteiger partial charge in [0.1, 0.15) is 34.8 Å². The van der Waals surface area contributed by atoms with E-state index in [1.54, 1.807) is 11.3 Å². The molecule has 0 saturated heterocycles. The molecule has 8 nitrogen and oxygen atoms in total. The SMILES string of the molecule is Cc1ccsc1-c1c(C#N)c2nc[nH]c(=O)c2n1CCNc1ncnc2ccccc12. The van der Waals surface area contributed by atoms with Crippen LogP contribution in [0, 0.1) is 18.3 Å². The fraction of sp³-hybridized carbons (Fsp3) is 0.136. The maximum absolute atomic E-state index is 12.7. The fourth-order valence-electron chi connectivity index (χ4n) is 3.80. The van der Waals surface area contributed by atoms with Crippen molar-refractivity contribution in [3.8, 4) is 16.6 Å². The molecule has 1 aromatic carbocycles. The van der Waals surface area contributed by atoms with Crippen LogP contribution in [0.3, 0.4) is 0 Å². The molecule has 0 unspecified atom stereocenters. The number of rotatable bonds is 5. The molecule has 0 aliphatic heterocycles. The van der Waals surface area contributed by atoms with Crippen LogP contribution in [0.5, 0.6) is 0 Å². The number of hydrogen-bond acceptors (Lipinski definition) is 7. The zero-order valence-corrected chi connectivity index (χ0v) is 17.4. The lowest BCUT2D eigenvalue weighted by Gasteiger charge is -2.12. The number of hydrogen-bond donors (Lipinski definition) is 2. The maximum Gasteiger partial charge on any atom is 0.275 e. The second-order valence-corrected chi connectivity index (χ2v) is 7.93. The smallest absolute Gasteiger partial charge is 0.275 e. The van der Waals surface area contributed by atoms with Crippen molar-refractivity contribution in [2.24, 2.45) is 0 Å². The van der Waals surface area contributed by atoms with E-state index in [0.29, 0.717) is 29.7 Å². The van der Waals surface area contributed by atoms with Crippen molar-refractivity contribution < 1.29 is 0 Å². The number of nitrogens with zero attached hydrogens (tertiary/aromatic N) is 5. The third kappa shape index (κ3) is 3.14. The molecule has 0 aliphatic carbocycles. The highest BCUT2D eigenvalue weighted by Gasteiger charge is 2.23. The largest absolute Gasteiger partial charge is 0.368 e. The summed E-state index contributed by atoms with van der Waals surface area (Å²) >= 11 is 1.55. The number of H-pyrrole nitrogens is 1. The summed E-state index contributed by atoms with van der Waals surface area (Å²) in [5, 5.41) is 16.1. The number of para-hydroxylation sites is 1. The Labute approximate surface area is 180 Å². The first-order chi connectivity index (χ1) is 15.2. The third-order valence-electron chi connectivity index (χ3n) is 5.20. The van der Waals surface area contributed by atoms with E-state index in [9.17, 15) is 10.1 Å². The lowest BCUT2D eigenvalue weighted by Crippen LogP contribution is -2.17. The molecule has 5 rings (SSSR count). The maximum atomic E-state index is 12.7. The van der Waals surface area contributed by atoms with E-state index in [1.165, 1.54) is 12.7 Å². The Morgan fingerprint density at radius 2 is 2.10 bits per heavy atom. The molecule has 0 radical (unpaired) electrons. The number of aromatic amines is 1. The number of thiophene rings is 1. The van der Waals surface area contributed by atoms with E-state index in [0.717, 1.165) is 32.9 Å². The minimum atomic E-state index is -0.269. The second-order valence-electron chi connectivity index (χ2n) is 7.01. The minimum absolute atomic E-state index is 0.269. The van der Waals surface area contributed by atoms with Gasteiger partial charge in [0.05, 0.1) is 22.4 Å². The summed E-state index contributed by atoms with van der Waals surface area (Å²) in [4.78, 5) is 29.2. The molecule has 0 bridgehead atoms. The monoisotopic (exact) mass is 427 g/mol. The van der Waals surface area contributed by atoms with Gasteiger partial charge in [0.2, 0.25) is 0 Å². The molecule has 0 aliphatic rings. The zero-order valence-electron chi connectivity index (χ0n) is 16.6. The van der Waals surface area contributed by atoms with E-state index in [2.05, 4.69) is 31.3 Å². The molecule has 4 aromatic heterocycles. The van der Waals surface area contributed by atoms with E-state index >= 15 is 0 Å². The van der Waals surface area contributed by atoms with E-state index in [-0.39, 0.29) is 5.56 Å². The normalized spacial score (nSPS) is 11.1. The first-order valence-corrected chi connectivity index (χ1v) is 10.5. The summed E-state index contributed by atoms with van der Waals surface area (Å²) in [5.41, 5.74) is 3.60. The van der Waals surface area contributed by atoms with Gasteiger partial charge in [0.15, 0.2) is 0 Å². The number of benzene rings is 1. The van der Waals surface area contributed by atoms with Gasteiger partial charge in [-0.1, -0.05) is 12.1 Å². The summed E-state index contributed by atoms with van der Waals surface area (Å²) in [6, 6.07) is 12.0. The van der Waals surface area contributed by atoms with Gasteiger partial charge in [0, 0.05) is 18.5 Å². The molecule has 31 heavy (non-hydrogen) atoms. The molecule has 0 fully saturated rings. The van der Waals surface area contributed by atoms with Gasteiger partial charge in [-0.25, -0.2) is 15.0 Å². The Bertz CT molecular complexity index is 1520. The Kier molecular flexibility index (Phi) is 4.69. The fourth-order valence-corrected chi connectivity index (χ4v) is 4.78. The van der Waals surface area contributed by atoms with Crippen LogP contribution in [0.25, 0.3) is 32.5 Å². The highest BCUT2D eigenvalue weighted by atomic mass is 32.1. The molecule has 0 amide bonds. The molecular formula is C22H17N7OS. The summed E-state index contributed by atoms with van der Waals surface area (Å²) < 4.78 is 1.88. The van der Waals surface area contributed by atoms with Crippen molar-refractivity contribution in [3.63, 3.8) is 0 Å². The summed E-state index contributed by atoms with van der Waals surface area (Å²) in [7, 11) is 0. The number of fused-ring (bicyclic) bond motifs is 2. The molecule has 152 valence electrons. The molecule has 0 saturated carbocycles. The van der Waals surface area contributed by atoms with Crippen molar-refractivity contribution in [1.82, 2.24) is 24.5 Å². The first-order valence-electron chi connectivity index (χ1n) is 9.67. The molecule has 0 spiro atoms. The summed E-state index contributed by atoms with van der Waals surface area (Å²) in [6.45, 7) is 2.96. The topological polar surface area (TPSA) is 112 Å². The van der Waals surface area contributed by atoms with Crippen molar-refractivity contribution in [2.45, 2.75) is 13.5 Å². The van der Waals surface area contributed by atoms with Crippen LogP contribution < -0.4 is 10.9 Å². The number of nitrogens with one attached hydrogen (secondary N) is 2. The Morgan fingerprint density at radius 1 is 1.23 bits per heavy atom. The molecular weight excluding hydrogens is 410 g/mol. The van der Waals surface area contributed by atoms with Crippen LogP contribution in [0.15, 0.2) is 53.2 Å². The summed E-state index contributed by atoms with van der Waals surface area (Å²) in [6.07, 6.45) is 2.87. The van der Waals surface area contributed by atoms with Crippen molar-refractivity contribution >= 4 is 39.1 Å². The average molecular weight is 427 g/mol. The van der Waals surface area contributed by atoms with Gasteiger partial charge in [-0.3, -0.25) is 4.79 Å². The number of anilines is 1. The highest BCUT2D eigenvalue weighted by molar-refractivity contribution is 7.13. The van der Waals surface area contributed by atoms with E-state index in [4.69, 9.17) is 0 Å². The third-order valence-corrected chi connectivity index (χ3v) is 6.22. The Hall–Kier alpha value is -4.03. The molecule has 9 heteroatoms. The van der Waals surface area contributed by atoms with Crippen LogP contribution in [0.1, 0.15) is 11.1 Å². The van der Waals surface area contributed by atoms with Crippen molar-refractivity contribution in [1.29, 1.82) is 5.26 Å². The van der Waals surface area contributed by atoms with Gasteiger partial charge in [0.25, 0.3) is 5.56 Å². The van der Waals surface area contributed by atoms with Gasteiger partial charge in [-0.2, -0.15) is 5.26 Å². The van der Waals surface area contributed by atoms with Crippen molar-refractivity contribution in [3.05, 3.63) is 69.8 Å². The van der Waals surface area contributed by atoms with Gasteiger partial charge < -0.3 is 14.9 Å². The minimum Gasteiger partial charge on any atom is -0.368 e. The lowest BCUT2D eigenvalue weighted by molar-refractivity contribution is 0.758. The van der Waals surface area contributed by atoms with Crippen molar-refractivity contribution in [2.75, 3.05) is 11.9 Å². The Balaban J connectivity index is 1.59. The van der Waals surface area contributed by atoms with Gasteiger partial charge in [-0.05, 0) is 36.1 Å². The first kappa shape index (κ1) is 19.0. The van der Waals surface area contributed by atoms with Crippen LogP contribution in [0.4, 0.5) is 5.82 Å². The highest BCUT2D eigenvalue weighted by Crippen LogP contribution is 2.36. The lowest BCUT2D eigenvalue weighted by atomic mass is 10.1. The van der Waals surface area contributed by atoms with Crippen LogP contribution in [-0.4, -0.2) is 31.0 Å².